The van der Waals surface area contributed by atoms with Crippen molar-refractivity contribution in [2.45, 2.75) is 49.6 Å². The lowest BCUT2D eigenvalue weighted by molar-refractivity contribution is -0.142. The monoisotopic (exact) mass is 637 g/mol. The lowest BCUT2D eigenvalue weighted by atomic mass is 9.88. The number of fused-ring (bicyclic) bond motifs is 3. The summed E-state index contributed by atoms with van der Waals surface area (Å²) < 4.78 is 114. The highest BCUT2D eigenvalue weighted by Gasteiger charge is 2.68. The number of alkyl halides is 6. The molecule has 5 atom stereocenters. The zero-order valence-corrected chi connectivity index (χ0v) is 23.0. The van der Waals surface area contributed by atoms with Crippen LogP contribution in [0.3, 0.4) is 0 Å². The molecule has 7 nitrogen and oxygen atoms in total. The molecule has 3 aliphatic carbocycles. The highest BCUT2D eigenvalue weighted by atomic mass is 19.4. The minimum absolute atomic E-state index is 0.0485. The number of aromatic nitrogens is 3. The Balaban J connectivity index is 1.37. The van der Waals surface area contributed by atoms with E-state index in [1.807, 2.05) is 0 Å². The van der Waals surface area contributed by atoms with E-state index < -0.39 is 89.0 Å². The van der Waals surface area contributed by atoms with Crippen molar-refractivity contribution < 1.29 is 44.7 Å². The third-order valence-electron chi connectivity index (χ3n) is 8.16. The van der Waals surface area contributed by atoms with Crippen molar-refractivity contribution in [3.05, 3.63) is 100 Å². The van der Waals surface area contributed by atoms with Crippen molar-refractivity contribution in [3.63, 3.8) is 0 Å². The number of nitrogens with two attached hydrogens (primary N) is 1. The summed E-state index contributed by atoms with van der Waals surface area (Å²) in [7, 11) is 0. The van der Waals surface area contributed by atoms with E-state index in [2.05, 4.69) is 15.4 Å². The molecule has 0 radical (unpaired) electrons. The molecule has 1 aromatic carbocycles. The topological polar surface area (TPSA) is 103 Å². The number of amides is 2. The Kier molecular flexibility index (Phi) is 7.32. The van der Waals surface area contributed by atoms with Gasteiger partial charge in [-0.3, -0.25) is 19.3 Å². The molecule has 2 amide bonds. The van der Waals surface area contributed by atoms with Crippen molar-refractivity contribution >= 4 is 17.4 Å². The van der Waals surface area contributed by atoms with Crippen molar-refractivity contribution in [3.8, 4) is 0 Å². The van der Waals surface area contributed by atoms with E-state index in [0.29, 0.717) is 10.7 Å². The molecule has 15 heteroatoms. The first-order chi connectivity index (χ1) is 21.1. The fraction of sp³-hybridized carbons (Fsp3) is 0.333. The number of hydrogen-bond donors (Lipinski definition) is 2. The molecule has 4 unspecified atom stereocenters. The third kappa shape index (κ3) is 5.59. The van der Waals surface area contributed by atoms with Gasteiger partial charge >= 0.3 is 6.18 Å². The zero-order chi connectivity index (χ0) is 32.4. The van der Waals surface area contributed by atoms with Crippen molar-refractivity contribution in [1.29, 1.82) is 0 Å². The molecular formula is C30H23F8N5O2. The summed E-state index contributed by atoms with van der Waals surface area (Å²) >= 11 is 0. The quantitative estimate of drug-likeness (QED) is 0.329. The van der Waals surface area contributed by atoms with Crippen LogP contribution in [0.15, 0.2) is 54.8 Å². The first kappa shape index (κ1) is 30.5. The predicted octanol–water partition coefficient (Wildman–Crippen LogP) is 5.28. The van der Waals surface area contributed by atoms with Crippen LogP contribution < -0.4 is 11.1 Å². The van der Waals surface area contributed by atoms with Gasteiger partial charge in [-0.15, -0.1) is 0 Å². The number of benzene rings is 1. The molecule has 236 valence electrons. The Hall–Kier alpha value is -4.56. The van der Waals surface area contributed by atoms with Gasteiger partial charge in [0.25, 0.3) is 5.92 Å². The number of primary amides is 1. The average molecular weight is 638 g/mol. The summed E-state index contributed by atoms with van der Waals surface area (Å²) in [6.07, 6.45) is -2.15. The Morgan fingerprint density at radius 2 is 1.87 bits per heavy atom. The van der Waals surface area contributed by atoms with Gasteiger partial charge in [0.05, 0.1) is 17.7 Å². The molecule has 3 aliphatic rings. The maximum Gasteiger partial charge on any atom is 0.435 e. The van der Waals surface area contributed by atoms with Crippen LogP contribution in [0.5, 0.6) is 0 Å². The largest absolute Gasteiger partial charge is 0.435 e. The maximum atomic E-state index is 15.0. The zero-order valence-electron chi connectivity index (χ0n) is 23.0. The van der Waals surface area contributed by atoms with Crippen LogP contribution in [0, 0.1) is 23.5 Å². The molecule has 6 rings (SSSR count). The van der Waals surface area contributed by atoms with Crippen molar-refractivity contribution in [2.24, 2.45) is 17.6 Å². The number of carbonyl (C=O) groups excluding carboxylic acids is 2. The van der Waals surface area contributed by atoms with Crippen LogP contribution in [-0.2, 0) is 34.7 Å². The minimum atomic E-state index is -5.03. The standard InChI is InChI=1S/C30H23F8N5O2/c31-15-6-13(7-16(32)10-15)8-22(25-17(2-1-5-40-25)14-3-4-21(33)19(9-14)28(39)45)41-23(44)12-43-27-24(26(42-43)30(36,37)38)18-11-20(18)29(27,34)35/h1-7,9-10,18-22H,8,11-12H2,(H2,39,45)(H,41,44)/t18?,19?,20?,21?,22-/m0/s1. The number of nitrogens with one attached hydrogen (secondary N) is 1. The summed E-state index contributed by atoms with van der Waals surface area (Å²) in [5.41, 5.74) is 2.93. The molecule has 0 spiro atoms. The third-order valence-corrected chi connectivity index (χ3v) is 8.16. The second-order valence-electron chi connectivity index (χ2n) is 11.2. The molecular weight excluding hydrogens is 614 g/mol. The molecule has 2 heterocycles. The van der Waals surface area contributed by atoms with E-state index in [4.69, 9.17) is 5.73 Å². The molecule has 45 heavy (non-hydrogen) atoms. The molecule has 0 bridgehead atoms. The highest BCUT2D eigenvalue weighted by molar-refractivity contribution is 5.86. The number of rotatable bonds is 8. The summed E-state index contributed by atoms with van der Waals surface area (Å²) in [6.45, 7) is -1.03. The Bertz CT molecular complexity index is 1740. The first-order valence-corrected chi connectivity index (χ1v) is 13.7. The molecule has 1 fully saturated rings. The van der Waals surface area contributed by atoms with Gasteiger partial charge in [-0.05, 0) is 54.2 Å². The number of halogens is 8. The van der Waals surface area contributed by atoms with Crippen molar-refractivity contribution in [2.75, 3.05) is 0 Å². The van der Waals surface area contributed by atoms with Crippen LogP contribution in [-0.4, -0.2) is 32.8 Å². The SMILES string of the molecule is NC(=O)C1C=C(c2cccnc2[C@H](Cc2cc(F)cc(F)c2)NC(=O)Cn2nc(C(F)(F)F)c3c2C(F)(F)C2CC32)C=CC1F. The van der Waals surface area contributed by atoms with Gasteiger partial charge < -0.3 is 11.1 Å². The number of pyridine rings is 1. The Labute approximate surface area is 249 Å². The summed E-state index contributed by atoms with van der Waals surface area (Å²) in [5, 5.41) is 5.89. The van der Waals surface area contributed by atoms with Crippen LogP contribution >= 0.6 is 0 Å². The second-order valence-corrected chi connectivity index (χ2v) is 11.2. The molecule has 1 saturated carbocycles. The van der Waals surface area contributed by atoms with Crippen LogP contribution in [0.4, 0.5) is 35.1 Å². The smallest absolute Gasteiger partial charge is 0.369 e. The van der Waals surface area contributed by atoms with Crippen molar-refractivity contribution in [1.82, 2.24) is 20.1 Å². The van der Waals surface area contributed by atoms with E-state index in [-0.39, 0.29) is 35.2 Å². The number of carbonyl (C=O) groups is 2. The van der Waals surface area contributed by atoms with E-state index >= 15 is 8.78 Å². The van der Waals surface area contributed by atoms with Crippen LogP contribution in [0.2, 0.25) is 0 Å². The Morgan fingerprint density at radius 1 is 1.16 bits per heavy atom. The predicted molar refractivity (Wildman–Crippen MR) is 142 cm³/mol. The molecule has 3 aromatic rings. The van der Waals surface area contributed by atoms with Gasteiger partial charge in [0.2, 0.25) is 11.8 Å². The van der Waals surface area contributed by atoms with Gasteiger partial charge in [0, 0.05) is 29.3 Å². The summed E-state index contributed by atoms with van der Waals surface area (Å²) in [5.74, 6) is -11.1. The molecule has 3 N–H and O–H groups in total. The Morgan fingerprint density at radius 3 is 2.53 bits per heavy atom. The average Bonchev–Trinajstić information content (AvgIpc) is 3.60. The number of allylic oxidation sites excluding steroid dienone is 3. The molecule has 0 aliphatic heterocycles. The van der Waals surface area contributed by atoms with Gasteiger partial charge in [0.1, 0.15) is 30.0 Å². The van der Waals surface area contributed by atoms with E-state index in [1.54, 1.807) is 0 Å². The number of hydrogen-bond acceptors (Lipinski definition) is 4. The van der Waals surface area contributed by atoms with Gasteiger partial charge in [-0.25, -0.2) is 13.2 Å². The normalized spacial score (nSPS) is 23.6. The minimum Gasteiger partial charge on any atom is -0.369 e. The van der Waals surface area contributed by atoms with E-state index in [0.717, 1.165) is 18.2 Å². The second kappa shape index (κ2) is 10.8. The summed E-state index contributed by atoms with van der Waals surface area (Å²) in [6, 6.07) is 4.38. The molecule has 0 saturated heterocycles. The maximum absolute atomic E-state index is 15.0. The first-order valence-electron chi connectivity index (χ1n) is 13.7. The lowest BCUT2D eigenvalue weighted by Gasteiger charge is -2.24. The lowest BCUT2D eigenvalue weighted by Crippen LogP contribution is -2.35. The summed E-state index contributed by atoms with van der Waals surface area (Å²) in [4.78, 5) is 29.5. The van der Waals surface area contributed by atoms with Crippen LogP contribution in [0.25, 0.3) is 5.57 Å². The fourth-order valence-corrected chi connectivity index (χ4v) is 6.16. The van der Waals surface area contributed by atoms with E-state index in [9.17, 15) is 35.9 Å². The highest BCUT2D eigenvalue weighted by Crippen LogP contribution is 2.68. The van der Waals surface area contributed by atoms with Gasteiger partial charge in [-0.2, -0.15) is 27.1 Å². The van der Waals surface area contributed by atoms with Gasteiger partial charge in [-0.1, -0.05) is 18.2 Å². The van der Waals surface area contributed by atoms with Gasteiger partial charge in [0.15, 0.2) is 5.69 Å². The fourth-order valence-electron chi connectivity index (χ4n) is 6.16. The molecule has 2 aromatic heterocycles. The number of nitrogens with zero attached hydrogens (tertiary/aromatic N) is 3. The van der Waals surface area contributed by atoms with E-state index in [1.165, 1.54) is 30.5 Å². The van der Waals surface area contributed by atoms with Crippen LogP contribution in [0.1, 0.15) is 52.2 Å².